The van der Waals surface area contributed by atoms with E-state index in [4.69, 9.17) is 4.42 Å². The Bertz CT molecular complexity index is 3220. The van der Waals surface area contributed by atoms with Crippen molar-refractivity contribution < 1.29 is 4.42 Å². The second-order valence-corrected chi connectivity index (χ2v) is 14.5. The summed E-state index contributed by atoms with van der Waals surface area (Å²) in [5.74, 6) is 0. The van der Waals surface area contributed by atoms with Gasteiger partial charge in [-0.1, -0.05) is 158 Å². The van der Waals surface area contributed by atoms with E-state index < -0.39 is 0 Å². The lowest BCUT2D eigenvalue weighted by Crippen LogP contribution is -2.12. The molecule has 0 saturated heterocycles. The fourth-order valence-electron chi connectivity index (χ4n) is 8.63. The molecular weight excluding hydrogens is 693 g/mol. The minimum Gasteiger partial charge on any atom is -0.456 e. The fourth-order valence-corrected chi connectivity index (χ4v) is 8.63. The van der Waals surface area contributed by atoms with Crippen LogP contribution in [-0.4, -0.2) is 4.57 Å². The lowest BCUT2D eigenvalue weighted by molar-refractivity contribution is 0.669. The fraction of sp³-hybridized carbons (Fsp3) is 0. The molecule has 11 aromatic rings. The maximum atomic E-state index is 6.52. The van der Waals surface area contributed by atoms with Gasteiger partial charge in [0.15, 0.2) is 0 Å². The Labute approximate surface area is 330 Å². The largest absolute Gasteiger partial charge is 0.456 e. The van der Waals surface area contributed by atoms with Crippen molar-refractivity contribution >= 4 is 60.8 Å². The predicted molar refractivity (Wildman–Crippen MR) is 239 cm³/mol. The van der Waals surface area contributed by atoms with E-state index in [-0.39, 0.29) is 0 Å². The van der Waals surface area contributed by atoms with E-state index >= 15 is 0 Å². The maximum Gasteiger partial charge on any atom is 0.137 e. The molecule has 0 aliphatic carbocycles. The number of fused-ring (bicyclic) bond motifs is 6. The summed E-state index contributed by atoms with van der Waals surface area (Å²) in [6, 6.07) is 78.2. The van der Waals surface area contributed by atoms with E-state index in [0.717, 1.165) is 55.8 Å². The maximum absolute atomic E-state index is 6.52. The molecule has 0 N–H and O–H groups in total. The summed E-state index contributed by atoms with van der Waals surface area (Å²) in [5, 5.41) is 4.53. The Morgan fingerprint density at radius 1 is 0.351 bits per heavy atom. The number of rotatable bonds is 7. The second-order valence-electron chi connectivity index (χ2n) is 14.5. The van der Waals surface area contributed by atoms with Gasteiger partial charge in [-0.3, -0.25) is 0 Å². The highest BCUT2D eigenvalue weighted by Gasteiger charge is 2.26. The Morgan fingerprint density at radius 2 is 0.912 bits per heavy atom. The van der Waals surface area contributed by atoms with Crippen LogP contribution in [-0.2, 0) is 0 Å². The number of aromatic nitrogens is 1. The van der Waals surface area contributed by atoms with Crippen LogP contribution in [0.25, 0.3) is 82.8 Å². The van der Waals surface area contributed by atoms with Gasteiger partial charge in [-0.15, -0.1) is 0 Å². The summed E-state index contributed by atoms with van der Waals surface area (Å²) in [4.78, 5) is 2.44. The summed E-state index contributed by atoms with van der Waals surface area (Å²) in [6.07, 6.45) is 0. The monoisotopic (exact) mass is 728 g/mol. The van der Waals surface area contributed by atoms with Crippen LogP contribution in [0.5, 0.6) is 0 Å². The summed E-state index contributed by atoms with van der Waals surface area (Å²) in [7, 11) is 0. The third-order valence-electron chi connectivity index (χ3n) is 11.1. The van der Waals surface area contributed by atoms with Crippen molar-refractivity contribution in [2.45, 2.75) is 0 Å². The molecule has 0 atom stereocenters. The quantitative estimate of drug-likeness (QED) is 0.163. The summed E-state index contributed by atoms with van der Waals surface area (Å²) < 4.78 is 9.01. The Hall–Kier alpha value is -7.62. The highest BCUT2D eigenvalue weighted by molar-refractivity contribution is 6.20. The van der Waals surface area contributed by atoms with E-state index in [1.165, 1.54) is 44.1 Å². The molecule has 0 unspecified atom stereocenters. The second kappa shape index (κ2) is 13.6. The molecule has 268 valence electrons. The Kier molecular flexibility index (Phi) is 7.82. The molecule has 3 heteroatoms. The van der Waals surface area contributed by atoms with Crippen LogP contribution in [0, 0.1) is 0 Å². The molecule has 2 heterocycles. The van der Waals surface area contributed by atoms with E-state index in [1.54, 1.807) is 0 Å². The number of para-hydroxylation sites is 3. The molecule has 0 aliphatic heterocycles. The minimum absolute atomic E-state index is 0.854. The molecule has 0 bridgehead atoms. The van der Waals surface area contributed by atoms with Gasteiger partial charge in [-0.25, -0.2) is 0 Å². The first kappa shape index (κ1) is 32.8. The lowest BCUT2D eigenvalue weighted by atomic mass is 9.95. The highest BCUT2D eigenvalue weighted by Crippen LogP contribution is 2.49. The van der Waals surface area contributed by atoms with Crippen molar-refractivity contribution in [3.63, 3.8) is 0 Å². The zero-order valence-corrected chi connectivity index (χ0v) is 31.1. The van der Waals surface area contributed by atoms with Crippen molar-refractivity contribution in [1.82, 2.24) is 4.57 Å². The molecule has 0 spiro atoms. The van der Waals surface area contributed by atoms with Gasteiger partial charge >= 0.3 is 0 Å². The zero-order chi connectivity index (χ0) is 37.7. The highest BCUT2D eigenvalue weighted by atomic mass is 16.3. The third kappa shape index (κ3) is 5.51. The molecule has 0 amide bonds. The molecule has 11 rings (SSSR count). The zero-order valence-electron chi connectivity index (χ0n) is 31.1. The lowest BCUT2D eigenvalue weighted by Gasteiger charge is -2.28. The van der Waals surface area contributed by atoms with Gasteiger partial charge in [-0.2, -0.15) is 0 Å². The van der Waals surface area contributed by atoms with Crippen LogP contribution in [0.4, 0.5) is 17.1 Å². The van der Waals surface area contributed by atoms with Crippen LogP contribution >= 0.6 is 0 Å². The van der Waals surface area contributed by atoms with Crippen molar-refractivity contribution in [3.05, 3.63) is 218 Å². The van der Waals surface area contributed by atoms with E-state index in [0.29, 0.717) is 0 Å². The molecular formula is C54H36N2O. The van der Waals surface area contributed by atoms with Gasteiger partial charge in [0.25, 0.3) is 0 Å². The van der Waals surface area contributed by atoms with Crippen molar-refractivity contribution in [2.75, 3.05) is 4.90 Å². The molecule has 57 heavy (non-hydrogen) atoms. The van der Waals surface area contributed by atoms with Crippen LogP contribution in [0.2, 0.25) is 0 Å². The summed E-state index contributed by atoms with van der Waals surface area (Å²) >= 11 is 0. The summed E-state index contributed by atoms with van der Waals surface area (Å²) in [6.45, 7) is 0. The van der Waals surface area contributed by atoms with Gasteiger partial charge in [0.1, 0.15) is 11.2 Å². The molecule has 0 saturated carbocycles. The smallest absolute Gasteiger partial charge is 0.137 e. The van der Waals surface area contributed by atoms with Gasteiger partial charge in [0, 0.05) is 33.1 Å². The number of hydrogen-bond acceptors (Lipinski definition) is 2. The Morgan fingerprint density at radius 3 is 1.67 bits per heavy atom. The summed E-state index contributed by atoms with van der Waals surface area (Å²) in [5.41, 5.74) is 15.3. The molecule has 3 nitrogen and oxygen atoms in total. The number of hydrogen-bond donors (Lipinski definition) is 0. The first-order valence-electron chi connectivity index (χ1n) is 19.4. The first-order chi connectivity index (χ1) is 28.3. The van der Waals surface area contributed by atoms with E-state index in [1.807, 2.05) is 6.07 Å². The third-order valence-corrected chi connectivity index (χ3v) is 11.1. The van der Waals surface area contributed by atoms with Crippen LogP contribution in [0.1, 0.15) is 0 Å². The first-order valence-corrected chi connectivity index (χ1v) is 19.4. The SMILES string of the molecule is c1ccc(-c2cccc(N(c3cccc4oc5ccccc5c34)c3cccc4c5cc(-c6ccccc6)cc(-c6ccccc6)c5n(-c5ccccc5)c34)c2)cc1. The van der Waals surface area contributed by atoms with E-state index in [9.17, 15) is 0 Å². The van der Waals surface area contributed by atoms with Crippen LogP contribution in [0.15, 0.2) is 223 Å². The average Bonchev–Trinajstić information content (AvgIpc) is 3.84. The topological polar surface area (TPSA) is 21.3 Å². The van der Waals surface area contributed by atoms with Crippen molar-refractivity contribution in [2.24, 2.45) is 0 Å². The van der Waals surface area contributed by atoms with Gasteiger partial charge in [-0.05, 0) is 88.5 Å². The van der Waals surface area contributed by atoms with Crippen LogP contribution in [0.3, 0.4) is 0 Å². The van der Waals surface area contributed by atoms with Gasteiger partial charge in [0.05, 0.1) is 27.8 Å². The standard InChI is InChI=1S/C54H36N2O/c1-5-18-37(19-6-1)40-24-15-27-43(34-40)55(48-30-17-33-51-52(48)45-28-13-14-32-50(45)57-51)49-31-16-29-44-47-36-41(38-20-7-2-8-21-38)35-46(39-22-9-3-10-23-39)53(47)56(54(44)49)42-25-11-4-12-26-42/h1-36H. The number of furan rings is 1. The average molecular weight is 729 g/mol. The van der Waals surface area contributed by atoms with Crippen LogP contribution < -0.4 is 4.90 Å². The molecule has 2 aromatic heterocycles. The van der Waals surface area contributed by atoms with Crippen molar-refractivity contribution in [3.8, 4) is 39.1 Å². The normalized spacial score (nSPS) is 11.5. The predicted octanol–water partition coefficient (Wildman–Crippen LogP) is 15.2. The molecule has 0 radical (unpaired) electrons. The molecule has 9 aromatic carbocycles. The molecule has 0 fully saturated rings. The van der Waals surface area contributed by atoms with Gasteiger partial charge in [0.2, 0.25) is 0 Å². The number of anilines is 3. The number of nitrogens with zero attached hydrogens (tertiary/aromatic N) is 2. The van der Waals surface area contributed by atoms with Crippen molar-refractivity contribution in [1.29, 1.82) is 0 Å². The van der Waals surface area contributed by atoms with E-state index in [2.05, 4.69) is 222 Å². The minimum atomic E-state index is 0.854. The van der Waals surface area contributed by atoms with Gasteiger partial charge < -0.3 is 13.9 Å². The molecule has 0 aliphatic rings. The Balaban J connectivity index is 1.30. The number of benzene rings is 9.